The maximum atomic E-state index is 13.2. The van der Waals surface area contributed by atoms with Crippen molar-refractivity contribution < 1.29 is 285 Å². The summed E-state index contributed by atoms with van der Waals surface area (Å²) < 4.78 is 391. The molecule has 716 valence electrons. The molecule has 6 aliphatic heterocycles. The Balaban J connectivity index is 1.33. The molecule has 32 atom stereocenters. The average Bonchev–Trinajstić information content (AvgIpc) is 0.769. The molecule has 124 heavy (non-hydrogen) atoms. The number of nitrogens with one attached hydrogen (secondary N) is 4. The molecule has 1 amide bonds. The number of hydrogen-bond acceptors (Lipinski definition) is 60. The Hall–Kier alpha value is -5.81. The van der Waals surface area contributed by atoms with Gasteiger partial charge in [0.2, 0.25) is 70.5 Å². The van der Waals surface area contributed by atoms with Gasteiger partial charge in [-0.05, 0) is 12.8 Å². The van der Waals surface area contributed by atoms with Gasteiger partial charge >= 0.3 is 11.9 Å². The van der Waals surface area contributed by atoms with Crippen molar-refractivity contribution in [1.29, 1.82) is 0 Å². The lowest BCUT2D eigenvalue weighted by molar-refractivity contribution is -0.355. The Morgan fingerprint density at radius 3 is 1.25 bits per heavy atom. The highest BCUT2D eigenvalue weighted by Gasteiger charge is 2.58. The first-order chi connectivity index (χ1) is 56.9. The van der Waals surface area contributed by atoms with Gasteiger partial charge in [-0.1, -0.05) is 0 Å². The lowest BCUT2D eigenvalue weighted by Crippen LogP contribution is -2.69. The van der Waals surface area contributed by atoms with Gasteiger partial charge in [0.1, 0.15) is 134 Å². The summed E-state index contributed by atoms with van der Waals surface area (Å²) in [6.07, 6.45) is -83.5. The third-order valence-electron chi connectivity index (χ3n) is 17.0. The monoisotopic (exact) mass is 1970 g/mol. The van der Waals surface area contributed by atoms with Gasteiger partial charge in [-0.3, -0.25) is 35.3 Å². The van der Waals surface area contributed by atoms with Crippen molar-refractivity contribution in [3.05, 3.63) is 0 Å². The van der Waals surface area contributed by atoms with Crippen LogP contribution in [0.15, 0.2) is 0 Å². The summed E-state index contributed by atoms with van der Waals surface area (Å²) in [7, 11) is -48.8. The molecule has 0 unspecified atom stereocenters. The predicted octanol–water partition coefficient (Wildman–Crippen LogP) is -20.9. The standard InChI is InChI=1S/C50H76N4O62S8/c1-14(59)51-28-32(63)35(113-46-16(60)2-3-18(102-46)42(65)66)23(11-99-121(85,86)87)106-48(28)104-20(5-55)39(44(69)70)112-27(8-58)110-37-25(13-101-123(91,92)93)108-50(30(54-119(79,80)81)41(37)116-124(94,95)96)103-19-4-17(61)47(115-38(19)43(67)68)114-36-24(12-100-122(88,89)90)107-49(29(33(36)64)53-118(76,77)78)105-21(6-56)40(45(71)72)111-26(7-57)109-34-22(10-98-120(82,83)84)97-9-15(31(34)62)52-117(73,74)75/h5-8,15-41,46-50,52-54,60-64H,2-4,9-13H2,1H3,(H,51,59)(H,65,66)(H,67,68)(H,69,70)(H,71,72)(H,73,74,75)(H,76,77,78)(H,79,80,81)(H,82,83,84)(H,85,86,87)(H,88,89,90)(H,91,92,93)(H,94,95,96)/p-10/t15-,16+,17+,18+,19-,20-,21-,22+,23+,24+,25+,26+,27+,28+,29+,30+,31+,32+,33+,34+,35+,36+,37+,38+,39-,40+,41+,46-,47+,48-,49-,50-/m0/s1. The SMILES string of the molecule is CC(=O)N[C@H]1[C@@H](O[C@@H](C=O)[C@H](O[C@H](C=O)O[C@H]2[C@H](OS(=O)(=O)[O-])[C@@H](NS(=O)(=O)[O-])[C@@H](O[C@H]3C[C@@H](O)[C@H](O[C@H]4[C@H](O)[C@@H](NS(=O)(=O)[O-])[C@@H](O[C@@H](C=O)[C@@H](O[C@H](C=O)O[C@H]5[C@H](O)[C@@H](NS(=O)(=O)[O-])CO[C@@H]5COS(=O)(=O)[O-])C(=O)[O-])O[C@@H]4COS(=O)(=O)[O-])O[C@H]3C(=O)O)O[C@@H]2COS(=O)(=O)[O-])C(=O)[O-])O[C@H](COS(=O)(=O)[O-])[C@@H](O[C@@H]2O[C@@H](C(=O)O)CC[C@H]2O)[C@@H]1O. The summed E-state index contributed by atoms with van der Waals surface area (Å²) >= 11 is 0. The highest BCUT2D eigenvalue weighted by Crippen LogP contribution is 2.38. The maximum Gasteiger partial charge on any atom is 0.335 e. The molecule has 0 aliphatic carbocycles. The van der Waals surface area contributed by atoms with E-state index in [9.17, 15) is 193 Å². The number of carboxylic acids is 4. The van der Waals surface area contributed by atoms with Gasteiger partial charge in [-0.2, -0.15) is 0 Å². The van der Waals surface area contributed by atoms with Gasteiger partial charge in [0.25, 0.3) is 0 Å². The van der Waals surface area contributed by atoms with Crippen LogP contribution >= 0.6 is 0 Å². The number of carbonyl (C=O) groups is 9. The minimum atomic E-state index is -6.69. The lowest BCUT2D eigenvalue weighted by atomic mass is 9.96. The second-order valence-electron chi connectivity index (χ2n) is 25.7. The van der Waals surface area contributed by atoms with Gasteiger partial charge in [0.05, 0.1) is 51.0 Å². The molecule has 66 nitrogen and oxygen atoms in total. The summed E-state index contributed by atoms with van der Waals surface area (Å²) in [5.41, 5.74) is 0. The second kappa shape index (κ2) is 44.2. The highest BCUT2D eigenvalue weighted by molar-refractivity contribution is 7.84. The van der Waals surface area contributed by atoms with Crippen molar-refractivity contribution in [1.82, 2.24) is 19.5 Å². The summed E-state index contributed by atoms with van der Waals surface area (Å²) in [6.45, 7) is -7.60. The topological polar surface area (TPSA) is 1030 Å². The van der Waals surface area contributed by atoms with Crippen LogP contribution in [0.1, 0.15) is 26.2 Å². The number of carbonyl (C=O) groups excluding carboxylic acids is 7. The molecule has 0 spiro atoms. The molecule has 0 radical (unpaired) electrons. The fourth-order valence-electron chi connectivity index (χ4n) is 12.1. The number of aliphatic carboxylic acids is 4. The van der Waals surface area contributed by atoms with Crippen LogP contribution in [0.25, 0.3) is 0 Å². The third kappa shape index (κ3) is 33.0. The van der Waals surface area contributed by atoms with E-state index < -0.39 is 380 Å². The van der Waals surface area contributed by atoms with Gasteiger partial charge in [0.15, 0.2) is 99.7 Å². The Morgan fingerprint density at radius 1 is 0.435 bits per heavy atom. The van der Waals surface area contributed by atoms with E-state index in [1.165, 1.54) is 4.72 Å². The molecule has 74 heteroatoms. The summed E-state index contributed by atoms with van der Waals surface area (Å²) in [5.74, 6) is -10.9. The summed E-state index contributed by atoms with van der Waals surface area (Å²) in [4.78, 5) is 114. The van der Waals surface area contributed by atoms with E-state index in [0.717, 1.165) is 9.44 Å². The van der Waals surface area contributed by atoms with Crippen molar-refractivity contribution in [2.45, 2.75) is 223 Å². The fourth-order valence-corrected chi connectivity index (χ4v) is 15.5. The predicted molar refractivity (Wildman–Crippen MR) is 343 cm³/mol. The van der Waals surface area contributed by atoms with Crippen molar-refractivity contribution in [3.8, 4) is 0 Å². The van der Waals surface area contributed by atoms with Gasteiger partial charge in [-0.15, -0.1) is 0 Å². The molecule has 11 N–H and O–H groups in total. The van der Waals surface area contributed by atoms with Crippen molar-refractivity contribution >= 4 is 138 Å². The second-order valence-corrected chi connectivity index (χ2v) is 34.3. The van der Waals surface area contributed by atoms with Crippen molar-refractivity contribution in [3.63, 3.8) is 0 Å². The van der Waals surface area contributed by atoms with Gasteiger partial charge < -0.3 is 178 Å². The van der Waals surface area contributed by atoms with Crippen molar-refractivity contribution in [2.75, 3.05) is 33.0 Å². The molecule has 6 aliphatic rings. The van der Waals surface area contributed by atoms with Crippen LogP contribution in [0.3, 0.4) is 0 Å². The first kappa shape index (κ1) is 107. The molecule has 0 aromatic carbocycles. The van der Waals surface area contributed by atoms with Crippen LogP contribution in [0, 0.1) is 0 Å². The maximum absolute atomic E-state index is 13.2. The third-order valence-corrected chi connectivity index (χ3v) is 20.9. The normalized spacial score (nSPS) is 34.2. The zero-order chi connectivity index (χ0) is 93.8. The lowest BCUT2D eigenvalue weighted by Gasteiger charge is -2.49. The number of rotatable bonds is 49. The first-order valence-corrected chi connectivity index (χ1v) is 44.2. The van der Waals surface area contributed by atoms with Crippen molar-refractivity contribution in [2.24, 2.45) is 0 Å². The first-order valence-electron chi connectivity index (χ1n) is 33.3. The Kier molecular flexibility index (Phi) is 38.1. The average molecular weight is 1970 g/mol. The highest BCUT2D eigenvalue weighted by atomic mass is 32.3. The molecule has 0 bridgehead atoms. The molecule has 6 saturated heterocycles. The zero-order valence-electron chi connectivity index (χ0n) is 60.8. The number of carboxylic acid groups (broad SMARTS) is 4. The summed E-state index contributed by atoms with van der Waals surface area (Å²) in [6, 6.07) is -10.8. The Morgan fingerprint density at radius 2 is 0.847 bits per heavy atom. The number of aldehydes is 4. The van der Waals surface area contributed by atoms with Crippen LogP contribution in [0.5, 0.6) is 0 Å². The van der Waals surface area contributed by atoms with Crippen LogP contribution in [-0.2, 0) is 218 Å². The summed E-state index contributed by atoms with van der Waals surface area (Å²) in [5, 5.41) is 104. The Bertz CT molecular complexity index is 4680. The van der Waals surface area contributed by atoms with Gasteiger partial charge in [-0.25, -0.2) is 91.1 Å². The van der Waals surface area contributed by atoms with E-state index in [1.807, 2.05) is 5.32 Å². The van der Waals surface area contributed by atoms with E-state index >= 15 is 0 Å². The number of aliphatic hydroxyl groups is 5. The largest absolute Gasteiger partial charge is 0.735 e. The van der Waals surface area contributed by atoms with E-state index in [4.69, 9.17) is 71.1 Å². The molecule has 6 fully saturated rings. The van der Waals surface area contributed by atoms with E-state index in [1.54, 1.807) is 0 Å². The van der Waals surface area contributed by atoms with Crippen LogP contribution < -0.4 is 29.7 Å². The van der Waals surface area contributed by atoms with Gasteiger partial charge in [0, 0.05) is 13.3 Å². The minimum Gasteiger partial charge on any atom is -0.735 e. The number of ether oxygens (including phenoxy) is 15. The zero-order valence-corrected chi connectivity index (χ0v) is 67.3. The number of aliphatic hydroxyl groups excluding tert-OH is 5. The number of hydrogen-bond donors (Lipinski definition) is 11. The molecular weight excluding hydrogens is 1910 g/mol. The Labute approximate surface area is 694 Å². The quantitative estimate of drug-likeness (QED) is 0.0117. The minimum absolute atomic E-state index is 0.374. The molecule has 0 saturated carbocycles. The number of amides is 1. The molecule has 0 aromatic heterocycles. The molecule has 0 aromatic rings. The van der Waals surface area contributed by atoms with E-state index in [2.05, 4.69) is 20.9 Å². The fraction of sp³-hybridized carbons (Fsp3) is 0.820. The molecular formula is C50H66N4O62S8-10. The van der Waals surface area contributed by atoms with Crippen LogP contribution in [0.2, 0.25) is 0 Å². The molecule has 6 rings (SSSR count). The van der Waals surface area contributed by atoms with E-state index in [0.29, 0.717) is 6.92 Å². The van der Waals surface area contributed by atoms with E-state index in [-0.39, 0.29) is 6.42 Å². The smallest absolute Gasteiger partial charge is 0.335 e. The van der Waals surface area contributed by atoms with Crippen LogP contribution in [0.4, 0.5) is 0 Å². The van der Waals surface area contributed by atoms with Crippen LogP contribution in [-0.4, -0.2) is 424 Å². The molecule has 6 heterocycles.